The highest BCUT2D eigenvalue weighted by molar-refractivity contribution is 4.47. The molecule has 0 saturated carbocycles. The molecule has 0 amide bonds. The monoisotopic (exact) mass is 274 g/mol. The van der Waals surface area contributed by atoms with E-state index in [9.17, 15) is 0 Å². The van der Waals surface area contributed by atoms with Crippen molar-refractivity contribution in [2.75, 3.05) is 6.61 Å². The van der Waals surface area contributed by atoms with Gasteiger partial charge in [-0.15, -0.1) is 0 Å². The molecular formula is C17H38O2. The van der Waals surface area contributed by atoms with Crippen molar-refractivity contribution in [2.45, 2.75) is 104 Å². The molecule has 0 aliphatic heterocycles. The highest BCUT2D eigenvalue weighted by atomic mass is 16.3. The summed E-state index contributed by atoms with van der Waals surface area (Å²) >= 11 is 0. The van der Waals surface area contributed by atoms with E-state index in [1.54, 1.807) is 0 Å². The molecule has 1 unspecified atom stereocenters. The van der Waals surface area contributed by atoms with Gasteiger partial charge in [0.25, 0.3) is 0 Å². The van der Waals surface area contributed by atoms with Crippen LogP contribution >= 0.6 is 0 Å². The minimum Gasteiger partial charge on any atom is -0.394 e. The molecule has 0 fully saturated rings. The van der Waals surface area contributed by atoms with Crippen molar-refractivity contribution < 1.29 is 10.2 Å². The first-order valence-electron chi connectivity index (χ1n) is 8.47. The van der Waals surface area contributed by atoms with Crippen molar-refractivity contribution in [3.05, 3.63) is 0 Å². The summed E-state index contributed by atoms with van der Waals surface area (Å²) in [6.07, 6.45) is 16.9. The third-order valence-electron chi connectivity index (χ3n) is 3.22. The number of aliphatic hydroxyl groups is 2. The van der Waals surface area contributed by atoms with Crippen molar-refractivity contribution in [1.29, 1.82) is 0 Å². The fourth-order valence-electron chi connectivity index (χ4n) is 1.91. The molecule has 2 N–H and O–H groups in total. The molecular weight excluding hydrogens is 236 g/mol. The van der Waals surface area contributed by atoms with Crippen LogP contribution in [0.5, 0.6) is 0 Å². The van der Waals surface area contributed by atoms with E-state index >= 15 is 0 Å². The minimum absolute atomic E-state index is 0.139. The maximum Gasteiger partial charge on any atom is 0.0742 e. The maximum atomic E-state index is 8.11. The Morgan fingerprint density at radius 1 is 0.632 bits per heavy atom. The van der Waals surface area contributed by atoms with Gasteiger partial charge in [0.15, 0.2) is 0 Å². The highest BCUT2D eigenvalue weighted by Crippen LogP contribution is 2.11. The van der Waals surface area contributed by atoms with Crippen LogP contribution in [0.4, 0.5) is 0 Å². The first kappa shape index (κ1) is 21.2. The molecule has 118 valence electrons. The van der Waals surface area contributed by atoms with Crippen LogP contribution in [0, 0.1) is 0 Å². The van der Waals surface area contributed by atoms with Gasteiger partial charge in [-0.3, -0.25) is 0 Å². The molecule has 0 saturated heterocycles. The van der Waals surface area contributed by atoms with E-state index in [0.29, 0.717) is 0 Å². The predicted molar refractivity (Wildman–Crippen MR) is 85.5 cm³/mol. The Morgan fingerprint density at radius 3 is 1.00 bits per heavy atom. The molecule has 1 atom stereocenters. The molecule has 0 spiro atoms. The summed E-state index contributed by atoms with van der Waals surface area (Å²) in [6.45, 7) is 5.96. The van der Waals surface area contributed by atoms with Crippen molar-refractivity contribution in [3.63, 3.8) is 0 Å². The number of hydrogen-bond acceptors (Lipinski definition) is 2. The molecule has 0 aromatic rings. The zero-order valence-corrected chi connectivity index (χ0v) is 13.7. The molecule has 0 aliphatic carbocycles. The van der Waals surface area contributed by atoms with E-state index in [1.807, 2.05) is 0 Å². The fourth-order valence-corrected chi connectivity index (χ4v) is 1.91. The van der Waals surface area contributed by atoms with Gasteiger partial charge in [-0.25, -0.2) is 0 Å². The third kappa shape index (κ3) is 27.2. The van der Waals surface area contributed by atoms with Gasteiger partial charge in [0.05, 0.1) is 12.7 Å². The van der Waals surface area contributed by atoms with Gasteiger partial charge < -0.3 is 10.2 Å². The van der Waals surface area contributed by atoms with Gasteiger partial charge >= 0.3 is 0 Å². The summed E-state index contributed by atoms with van der Waals surface area (Å²) in [7, 11) is 0. The Bertz CT molecular complexity index is 123. The van der Waals surface area contributed by atoms with E-state index in [-0.39, 0.29) is 6.61 Å². The van der Waals surface area contributed by atoms with Crippen molar-refractivity contribution >= 4 is 0 Å². The molecule has 0 rings (SSSR count). The molecule has 0 aliphatic rings. The quantitative estimate of drug-likeness (QED) is 0.488. The lowest BCUT2D eigenvalue weighted by molar-refractivity contribution is 0.110. The largest absolute Gasteiger partial charge is 0.394 e. The number of aliphatic hydroxyl groups excluding tert-OH is 2. The second-order valence-electron chi connectivity index (χ2n) is 5.57. The van der Waals surface area contributed by atoms with E-state index in [1.165, 1.54) is 84.0 Å². The standard InChI is InChI=1S/C14H30.C3H8O2/c1-3-5-7-9-11-13-14-12-10-8-6-4-2;1-3(5)2-4/h3-14H2,1-2H3;3-5H,2H2,1H3. The smallest absolute Gasteiger partial charge is 0.0742 e. The maximum absolute atomic E-state index is 8.11. The number of rotatable bonds is 12. The Labute approximate surface area is 121 Å². The zero-order valence-electron chi connectivity index (χ0n) is 13.7. The molecule has 0 radical (unpaired) electrons. The summed E-state index contributed by atoms with van der Waals surface area (Å²) in [5.41, 5.74) is 0. The Balaban J connectivity index is 0. The van der Waals surface area contributed by atoms with Crippen molar-refractivity contribution in [1.82, 2.24) is 0 Å². The Morgan fingerprint density at radius 2 is 0.842 bits per heavy atom. The lowest BCUT2D eigenvalue weighted by Gasteiger charge is -2.01. The van der Waals surface area contributed by atoms with E-state index in [4.69, 9.17) is 10.2 Å². The van der Waals surface area contributed by atoms with Crippen LogP contribution < -0.4 is 0 Å². The summed E-state index contributed by atoms with van der Waals surface area (Å²) in [5.74, 6) is 0. The van der Waals surface area contributed by atoms with Crippen LogP contribution in [-0.2, 0) is 0 Å². The summed E-state index contributed by atoms with van der Waals surface area (Å²) < 4.78 is 0. The van der Waals surface area contributed by atoms with E-state index < -0.39 is 6.10 Å². The highest BCUT2D eigenvalue weighted by Gasteiger charge is 1.91. The average molecular weight is 274 g/mol. The van der Waals surface area contributed by atoms with Crippen LogP contribution in [-0.4, -0.2) is 22.9 Å². The second kappa shape index (κ2) is 20.2. The van der Waals surface area contributed by atoms with Gasteiger partial charge in [0, 0.05) is 0 Å². The van der Waals surface area contributed by atoms with E-state index in [0.717, 1.165) is 0 Å². The second-order valence-corrected chi connectivity index (χ2v) is 5.57. The van der Waals surface area contributed by atoms with Gasteiger partial charge in [0.2, 0.25) is 0 Å². The normalized spacial score (nSPS) is 11.8. The van der Waals surface area contributed by atoms with E-state index in [2.05, 4.69) is 13.8 Å². The first-order chi connectivity index (χ1) is 9.18. The molecule has 2 heteroatoms. The summed E-state index contributed by atoms with van der Waals surface area (Å²) in [6, 6.07) is 0. The molecule has 0 aromatic heterocycles. The van der Waals surface area contributed by atoms with Crippen LogP contribution in [0.2, 0.25) is 0 Å². The molecule has 19 heavy (non-hydrogen) atoms. The number of hydrogen-bond donors (Lipinski definition) is 2. The number of unbranched alkanes of at least 4 members (excludes halogenated alkanes) is 11. The molecule has 0 heterocycles. The van der Waals surface area contributed by atoms with Crippen LogP contribution in [0.1, 0.15) is 97.8 Å². The van der Waals surface area contributed by atoms with Gasteiger partial charge in [0.1, 0.15) is 0 Å². The van der Waals surface area contributed by atoms with Crippen LogP contribution in [0.25, 0.3) is 0 Å². The van der Waals surface area contributed by atoms with Crippen molar-refractivity contribution in [3.8, 4) is 0 Å². The van der Waals surface area contributed by atoms with Gasteiger partial charge in [-0.1, -0.05) is 90.9 Å². The van der Waals surface area contributed by atoms with Gasteiger partial charge in [-0.05, 0) is 6.92 Å². The Kier molecular flexibility index (Phi) is 22.6. The minimum atomic E-state index is -0.560. The molecule has 0 aromatic carbocycles. The van der Waals surface area contributed by atoms with Gasteiger partial charge in [-0.2, -0.15) is 0 Å². The molecule has 0 bridgehead atoms. The van der Waals surface area contributed by atoms with Crippen molar-refractivity contribution in [2.24, 2.45) is 0 Å². The summed E-state index contributed by atoms with van der Waals surface area (Å²) in [4.78, 5) is 0. The van der Waals surface area contributed by atoms with Crippen LogP contribution in [0.15, 0.2) is 0 Å². The SMILES string of the molecule is CC(O)CO.CCCCCCCCCCCCCC. The average Bonchev–Trinajstić information content (AvgIpc) is 2.41. The lowest BCUT2D eigenvalue weighted by atomic mass is 10.1. The first-order valence-corrected chi connectivity index (χ1v) is 8.47. The fraction of sp³-hybridized carbons (Fsp3) is 1.00. The predicted octanol–water partition coefficient (Wildman–Crippen LogP) is 5.07. The topological polar surface area (TPSA) is 40.5 Å². The third-order valence-corrected chi connectivity index (χ3v) is 3.22. The summed E-state index contributed by atoms with van der Waals surface area (Å²) in [5, 5.41) is 16.0. The zero-order chi connectivity index (χ0) is 14.8. The lowest BCUT2D eigenvalue weighted by Crippen LogP contribution is -2.03. The van der Waals surface area contributed by atoms with Crippen LogP contribution in [0.3, 0.4) is 0 Å². The molecule has 2 nitrogen and oxygen atoms in total. The Hall–Kier alpha value is -0.0800.